The Morgan fingerprint density at radius 1 is 1.32 bits per heavy atom. The SMILES string of the molecule is CCNCC(C)(C)CCc1ccc2c(c1)CCCO2. The van der Waals surface area contributed by atoms with E-state index in [9.17, 15) is 0 Å². The molecule has 0 aromatic heterocycles. The zero-order chi connectivity index (χ0) is 13.7. The molecular weight excluding hydrogens is 234 g/mol. The molecule has 1 aromatic rings. The van der Waals surface area contributed by atoms with Gasteiger partial charge in [0.1, 0.15) is 5.75 Å². The lowest BCUT2D eigenvalue weighted by Crippen LogP contribution is -2.29. The van der Waals surface area contributed by atoms with Gasteiger partial charge in [0.15, 0.2) is 0 Å². The predicted molar refractivity (Wildman–Crippen MR) is 80.9 cm³/mol. The summed E-state index contributed by atoms with van der Waals surface area (Å²) in [6.07, 6.45) is 4.71. The van der Waals surface area contributed by atoms with E-state index in [0.29, 0.717) is 5.41 Å². The van der Waals surface area contributed by atoms with Gasteiger partial charge in [0.05, 0.1) is 6.61 Å². The van der Waals surface area contributed by atoms with Crippen molar-refractivity contribution in [2.24, 2.45) is 5.41 Å². The number of ether oxygens (including phenoxy) is 1. The molecule has 1 N–H and O–H groups in total. The van der Waals surface area contributed by atoms with Gasteiger partial charge in [0.25, 0.3) is 0 Å². The van der Waals surface area contributed by atoms with Crippen LogP contribution in [0.25, 0.3) is 0 Å². The molecule has 106 valence electrons. The molecule has 19 heavy (non-hydrogen) atoms. The second-order valence-corrected chi connectivity index (χ2v) is 6.34. The molecule has 0 bridgehead atoms. The van der Waals surface area contributed by atoms with Crippen LogP contribution in [0.1, 0.15) is 44.7 Å². The third-order valence-electron chi connectivity index (χ3n) is 3.92. The lowest BCUT2D eigenvalue weighted by Gasteiger charge is -2.25. The third-order valence-corrected chi connectivity index (χ3v) is 3.92. The number of fused-ring (bicyclic) bond motifs is 1. The summed E-state index contributed by atoms with van der Waals surface area (Å²) in [5, 5.41) is 3.45. The molecule has 0 unspecified atom stereocenters. The molecule has 1 heterocycles. The molecule has 2 nitrogen and oxygen atoms in total. The molecule has 2 rings (SSSR count). The Morgan fingerprint density at radius 2 is 2.16 bits per heavy atom. The van der Waals surface area contributed by atoms with E-state index in [2.05, 4.69) is 44.3 Å². The summed E-state index contributed by atoms with van der Waals surface area (Å²) in [5.74, 6) is 1.10. The van der Waals surface area contributed by atoms with Crippen LogP contribution in [0.3, 0.4) is 0 Å². The van der Waals surface area contributed by atoms with Crippen molar-refractivity contribution in [1.29, 1.82) is 0 Å². The maximum Gasteiger partial charge on any atom is 0.122 e. The van der Waals surface area contributed by atoms with E-state index in [4.69, 9.17) is 4.74 Å². The van der Waals surface area contributed by atoms with Crippen molar-refractivity contribution in [3.05, 3.63) is 29.3 Å². The van der Waals surface area contributed by atoms with Crippen molar-refractivity contribution in [2.75, 3.05) is 19.7 Å². The summed E-state index contributed by atoms with van der Waals surface area (Å²) in [7, 11) is 0. The number of benzene rings is 1. The molecule has 2 heteroatoms. The molecule has 1 aliphatic rings. The third kappa shape index (κ3) is 4.24. The Balaban J connectivity index is 1.92. The summed E-state index contributed by atoms with van der Waals surface area (Å²) < 4.78 is 5.67. The topological polar surface area (TPSA) is 21.3 Å². The number of nitrogens with one attached hydrogen (secondary N) is 1. The largest absolute Gasteiger partial charge is 0.493 e. The summed E-state index contributed by atoms with van der Waals surface area (Å²) >= 11 is 0. The maximum absolute atomic E-state index is 5.67. The summed E-state index contributed by atoms with van der Waals surface area (Å²) in [6, 6.07) is 6.73. The van der Waals surface area contributed by atoms with Crippen molar-refractivity contribution in [2.45, 2.75) is 46.5 Å². The Hall–Kier alpha value is -1.02. The van der Waals surface area contributed by atoms with Gasteiger partial charge in [-0.3, -0.25) is 0 Å². The molecule has 0 fully saturated rings. The minimum atomic E-state index is 0.364. The van der Waals surface area contributed by atoms with Crippen molar-refractivity contribution >= 4 is 0 Å². The van der Waals surface area contributed by atoms with Crippen LogP contribution in [0.15, 0.2) is 18.2 Å². The van der Waals surface area contributed by atoms with Gasteiger partial charge < -0.3 is 10.1 Å². The van der Waals surface area contributed by atoms with E-state index in [-0.39, 0.29) is 0 Å². The maximum atomic E-state index is 5.67. The summed E-state index contributed by atoms with van der Waals surface area (Å²) in [4.78, 5) is 0. The standard InChI is InChI=1S/C17H27NO/c1-4-18-13-17(2,3)10-9-14-7-8-16-15(12-14)6-5-11-19-16/h7-8,12,18H,4-6,9-11,13H2,1-3H3. The van der Waals surface area contributed by atoms with Crippen LogP contribution >= 0.6 is 0 Å². The minimum Gasteiger partial charge on any atom is -0.493 e. The van der Waals surface area contributed by atoms with Gasteiger partial charge in [-0.25, -0.2) is 0 Å². The molecule has 1 aliphatic heterocycles. The molecule has 0 saturated heterocycles. The van der Waals surface area contributed by atoms with E-state index in [0.717, 1.165) is 38.3 Å². The summed E-state index contributed by atoms with van der Waals surface area (Å²) in [6.45, 7) is 9.88. The van der Waals surface area contributed by atoms with Gasteiger partial charge in [-0.1, -0.05) is 32.9 Å². The fourth-order valence-electron chi connectivity index (χ4n) is 2.60. The van der Waals surface area contributed by atoms with Gasteiger partial charge in [0, 0.05) is 6.54 Å². The Kier molecular flexibility index (Phi) is 4.87. The fraction of sp³-hybridized carbons (Fsp3) is 0.647. The van der Waals surface area contributed by atoms with Crippen LogP contribution in [0.4, 0.5) is 0 Å². The molecule has 0 atom stereocenters. The average molecular weight is 261 g/mol. The zero-order valence-corrected chi connectivity index (χ0v) is 12.6. The molecule has 0 saturated carbocycles. The van der Waals surface area contributed by atoms with Gasteiger partial charge in [-0.05, 0) is 54.8 Å². The van der Waals surface area contributed by atoms with E-state index >= 15 is 0 Å². The van der Waals surface area contributed by atoms with Crippen LogP contribution in [0.2, 0.25) is 0 Å². The van der Waals surface area contributed by atoms with Gasteiger partial charge >= 0.3 is 0 Å². The minimum absolute atomic E-state index is 0.364. The Labute approximate surface area is 117 Å². The highest BCUT2D eigenvalue weighted by molar-refractivity contribution is 5.38. The molecule has 0 radical (unpaired) electrons. The van der Waals surface area contributed by atoms with E-state index < -0.39 is 0 Å². The Morgan fingerprint density at radius 3 is 2.95 bits per heavy atom. The lowest BCUT2D eigenvalue weighted by molar-refractivity contribution is 0.288. The first kappa shape index (κ1) is 14.4. The van der Waals surface area contributed by atoms with Gasteiger partial charge in [-0.15, -0.1) is 0 Å². The van der Waals surface area contributed by atoms with Crippen molar-refractivity contribution in [3.63, 3.8) is 0 Å². The molecular formula is C17H27NO. The Bertz CT molecular complexity index is 412. The van der Waals surface area contributed by atoms with Crippen LogP contribution < -0.4 is 10.1 Å². The first-order valence-corrected chi connectivity index (χ1v) is 7.56. The summed E-state index contributed by atoms with van der Waals surface area (Å²) in [5.41, 5.74) is 3.21. The lowest BCUT2D eigenvalue weighted by atomic mass is 9.85. The smallest absolute Gasteiger partial charge is 0.122 e. The second-order valence-electron chi connectivity index (χ2n) is 6.34. The highest BCUT2D eigenvalue weighted by atomic mass is 16.5. The zero-order valence-electron chi connectivity index (χ0n) is 12.6. The molecule has 1 aromatic carbocycles. The number of rotatable bonds is 6. The van der Waals surface area contributed by atoms with Crippen LogP contribution in [-0.4, -0.2) is 19.7 Å². The first-order chi connectivity index (χ1) is 9.11. The van der Waals surface area contributed by atoms with E-state index in [1.165, 1.54) is 24.0 Å². The normalized spacial score (nSPS) is 14.9. The molecule has 0 spiro atoms. The van der Waals surface area contributed by atoms with Crippen LogP contribution in [-0.2, 0) is 12.8 Å². The molecule has 0 aliphatic carbocycles. The van der Waals surface area contributed by atoms with E-state index in [1.807, 2.05) is 0 Å². The van der Waals surface area contributed by atoms with Crippen molar-refractivity contribution in [1.82, 2.24) is 5.32 Å². The highest BCUT2D eigenvalue weighted by Gasteiger charge is 2.17. The fourth-order valence-corrected chi connectivity index (χ4v) is 2.60. The molecule has 0 amide bonds. The van der Waals surface area contributed by atoms with Crippen LogP contribution in [0.5, 0.6) is 5.75 Å². The van der Waals surface area contributed by atoms with Gasteiger partial charge in [-0.2, -0.15) is 0 Å². The second kappa shape index (κ2) is 6.42. The van der Waals surface area contributed by atoms with Crippen LogP contribution in [0, 0.1) is 5.41 Å². The van der Waals surface area contributed by atoms with Gasteiger partial charge in [0.2, 0.25) is 0 Å². The first-order valence-electron chi connectivity index (χ1n) is 7.56. The average Bonchev–Trinajstić information content (AvgIpc) is 2.43. The van der Waals surface area contributed by atoms with Crippen molar-refractivity contribution < 1.29 is 4.74 Å². The number of hydrogen-bond donors (Lipinski definition) is 1. The quantitative estimate of drug-likeness (QED) is 0.845. The predicted octanol–water partition coefficient (Wildman–Crippen LogP) is 3.58. The van der Waals surface area contributed by atoms with Crippen molar-refractivity contribution in [3.8, 4) is 5.75 Å². The highest BCUT2D eigenvalue weighted by Crippen LogP contribution is 2.28. The number of aryl methyl sites for hydroxylation is 2. The van der Waals surface area contributed by atoms with E-state index in [1.54, 1.807) is 0 Å². The monoisotopic (exact) mass is 261 g/mol. The number of hydrogen-bond acceptors (Lipinski definition) is 2.